The van der Waals surface area contributed by atoms with Crippen molar-refractivity contribution in [2.24, 2.45) is 0 Å². The molecule has 5 nitrogen and oxygen atoms in total. The van der Waals surface area contributed by atoms with Crippen LogP contribution in [0.25, 0.3) is 0 Å². The van der Waals surface area contributed by atoms with Gasteiger partial charge in [0.15, 0.2) is 0 Å². The number of morpholine rings is 1. The third-order valence-electron chi connectivity index (χ3n) is 4.60. The van der Waals surface area contributed by atoms with E-state index in [1.807, 2.05) is 12.1 Å². The summed E-state index contributed by atoms with van der Waals surface area (Å²) in [6.45, 7) is 5.71. The smallest absolute Gasteiger partial charge is 0.238 e. The number of carbonyl (C=O) groups excluding carboxylic acids is 1. The second kappa shape index (κ2) is 8.31. The SMILES string of the molecule is O=C(CN1CCOCC1)Nc1ccccc1N1CCCCCC1. The van der Waals surface area contributed by atoms with E-state index < -0.39 is 0 Å². The molecule has 1 aromatic carbocycles. The van der Waals surface area contributed by atoms with Gasteiger partial charge in [0.05, 0.1) is 31.1 Å². The van der Waals surface area contributed by atoms with Gasteiger partial charge in [0, 0.05) is 26.2 Å². The molecule has 0 atom stereocenters. The lowest BCUT2D eigenvalue weighted by atomic mass is 10.2. The lowest BCUT2D eigenvalue weighted by Crippen LogP contribution is -2.41. The molecule has 0 bridgehead atoms. The molecule has 1 aromatic rings. The Bertz CT molecular complexity index is 507. The monoisotopic (exact) mass is 317 g/mol. The molecule has 2 aliphatic heterocycles. The van der Waals surface area contributed by atoms with Crippen LogP contribution in [0.1, 0.15) is 25.7 Å². The summed E-state index contributed by atoms with van der Waals surface area (Å²) in [7, 11) is 0. The maximum atomic E-state index is 12.4. The number of benzene rings is 1. The van der Waals surface area contributed by atoms with Gasteiger partial charge in [-0.3, -0.25) is 9.69 Å². The first-order valence-corrected chi connectivity index (χ1v) is 8.77. The van der Waals surface area contributed by atoms with Crippen LogP contribution in [0.2, 0.25) is 0 Å². The minimum absolute atomic E-state index is 0.0640. The number of hydrogen-bond acceptors (Lipinski definition) is 4. The van der Waals surface area contributed by atoms with Crippen LogP contribution in [-0.4, -0.2) is 56.7 Å². The average molecular weight is 317 g/mol. The highest BCUT2D eigenvalue weighted by Crippen LogP contribution is 2.27. The molecule has 0 aromatic heterocycles. The van der Waals surface area contributed by atoms with Gasteiger partial charge in [-0.2, -0.15) is 0 Å². The van der Waals surface area contributed by atoms with Crippen molar-refractivity contribution in [2.45, 2.75) is 25.7 Å². The molecular weight excluding hydrogens is 290 g/mol. The maximum absolute atomic E-state index is 12.4. The maximum Gasteiger partial charge on any atom is 0.238 e. The highest BCUT2D eigenvalue weighted by molar-refractivity contribution is 5.95. The van der Waals surface area contributed by atoms with Crippen LogP contribution < -0.4 is 10.2 Å². The molecule has 3 rings (SSSR count). The summed E-state index contributed by atoms with van der Waals surface area (Å²) >= 11 is 0. The van der Waals surface area contributed by atoms with Gasteiger partial charge in [0.25, 0.3) is 0 Å². The number of carbonyl (C=O) groups is 1. The zero-order valence-corrected chi connectivity index (χ0v) is 13.8. The molecule has 0 spiro atoms. The summed E-state index contributed by atoms with van der Waals surface area (Å²) in [5.74, 6) is 0.0640. The number of amides is 1. The fourth-order valence-electron chi connectivity index (χ4n) is 3.32. The van der Waals surface area contributed by atoms with Gasteiger partial charge in [-0.15, -0.1) is 0 Å². The summed E-state index contributed by atoms with van der Waals surface area (Å²) in [6.07, 6.45) is 5.08. The van der Waals surface area contributed by atoms with Crippen LogP contribution in [0.4, 0.5) is 11.4 Å². The number of ether oxygens (including phenoxy) is 1. The Morgan fingerprint density at radius 1 is 1.00 bits per heavy atom. The number of rotatable bonds is 4. The van der Waals surface area contributed by atoms with E-state index in [-0.39, 0.29) is 5.91 Å². The van der Waals surface area contributed by atoms with E-state index in [1.54, 1.807) is 0 Å². The van der Waals surface area contributed by atoms with Crippen molar-refractivity contribution in [1.82, 2.24) is 4.90 Å². The largest absolute Gasteiger partial charge is 0.379 e. The van der Waals surface area contributed by atoms with Crippen molar-refractivity contribution in [1.29, 1.82) is 0 Å². The normalized spacial score (nSPS) is 20.1. The second-order valence-corrected chi connectivity index (χ2v) is 6.36. The number of para-hydroxylation sites is 2. The van der Waals surface area contributed by atoms with Crippen molar-refractivity contribution in [3.8, 4) is 0 Å². The van der Waals surface area contributed by atoms with E-state index in [0.29, 0.717) is 6.54 Å². The topological polar surface area (TPSA) is 44.8 Å². The molecule has 1 amide bonds. The summed E-state index contributed by atoms with van der Waals surface area (Å²) in [4.78, 5) is 16.9. The number of hydrogen-bond donors (Lipinski definition) is 1. The molecule has 2 aliphatic rings. The van der Waals surface area contributed by atoms with E-state index in [0.717, 1.165) is 50.8 Å². The van der Waals surface area contributed by atoms with E-state index >= 15 is 0 Å². The molecule has 2 fully saturated rings. The molecule has 0 radical (unpaired) electrons. The Hall–Kier alpha value is -1.59. The van der Waals surface area contributed by atoms with Gasteiger partial charge < -0.3 is 15.0 Å². The molecule has 0 saturated carbocycles. The van der Waals surface area contributed by atoms with Gasteiger partial charge in [-0.1, -0.05) is 25.0 Å². The Morgan fingerprint density at radius 2 is 1.70 bits per heavy atom. The van der Waals surface area contributed by atoms with Crippen LogP contribution in [0, 0.1) is 0 Å². The highest BCUT2D eigenvalue weighted by Gasteiger charge is 2.17. The van der Waals surface area contributed by atoms with Crippen LogP contribution >= 0.6 is 0 Å². The average Bonchev–Trinajstić information content (AvgIpc) is 2.85. The fourth-order valence-corrected chi connectivity index (χ4v) is 3.32. The van der Waals surface area contributed by atoms with Crippen molar-refractivity contribution < 1.29 is 9.53 Å². The third-order valence-corrected chi connectivity index (χ3v) is 4.60. The number of nitrogens with zero attached hydrogens (tertiary/aromatic N) is 2. The number of nitrogens with one attached hydrogen (secondary N) is 1. The van der Waals surface area contributed by atoms with E-state index in [9.17, 15) is 4.79 Å². The van der Waals surface area contributed by atoms with Crippen LogP contribution in [-0.2, 0) is 9.53 Å². The molecule has 0 aliphatic carbocycles. The molecule has 23 heavy (non-hydrogen) atoms. The lowest BCUT2D eigenvalue weighted by molar-refractivity contribution is -0.118. The quantitative estimate of drug-likeness (QED) is 0.926. The summed E-state index contributed by atoms with van der Waals surface area (Å²) in [5.41, 5.74) is 2.09. The lowest BCUT2D eigenvalue weighted by Gasteiger charge is -2.27. The van der Waals surface area contributed by atoms with Crippen molar-refractivity contribution in [3.63, 3.8) is 0 Å². The van der Waals surface area contributed by atoms with Crippen molar-refractivity contribution in [2.75, 3.05) is 56.2 Å². The predicted molar refractivity (Wildman–Crippen MR) is 93.0 cm³/mol. The molecule has 0 unspecified atom stereocenters. The van der Waals surface area contributed by atoms with Gasteiger partial charge in [-0.05, 0) is 25.0 Å². The van der Waals surface area contributed by atoms with Gasteiger partial charge in [0.2, 0.25) is 5.91 Å². The zero-order valence-electron chi connectivity index (χ0n) is 13.8. The molecule has 2 heterocycles. The fraction of sp³-hybridized carbons (Fsp3) is 0.611. The first-order chi connectivity index (χ1) is 11.3. The standard InChI is InChI=1S/C18H27N3O2/c22-18(15-20-11-13-23-14-12-20)19-16-7-3-4-8-17(16)21-9-5-1-2-6-10-21/h3-4,7-8H,1-2,5-6,9-15H2,(H,19,22). The first-order valence-electron chi connectivity index (χ1n) is 8.77. The Kier molecular flexibility index (Phi) is 5.88. The highest BCUT2D eigenvalue weighted by atomic mass is 16.5. The van der Waals surface area contributed by atoms with Crippen LogP contribution in [0.5, 0.6) is 0 Å². The third kappa shape index (κ3) is 4.69. The molecule has 1 N–H and O–H groups in total. The van der Waals surface area contributed by atoms with E-state index in [1.165, 1.54) is 25.7 Å². The van der Waals surface area contributed by atoms with Crippen LogP contribution in [0.15, 0.2) is 24.3 Å². The van der Waals surface area contributed by atoms with Gasteiger partial charge in [0.1, 0.15) is 0 Å². The minimum Gasteiger partial charge on any atom is -0.379 e. The Balaban J connectivity index is 1.63. The van der Waals surface area contributed by atoms with Gasteiger partial charge in [-0.25, -0.2) is 0 Å². The number of anilines is 2. The second-order valence-electron chi connectivity index (χ2n) is 6.36. The Labute approximate surface area is 138 Å². The van der Waals surface area contributed by atoms with Crippen LogP contribution in [0.3, 0.4) is 0 Å². The van der Waals surface area contributed by atoms with E-state index in [4.69, 9.17) is 4.74 Å². The summed E-state index contributed by atoms with van der Waals surface area (Å²) < 4.78 is 5.33. The van der Waals surface area contributed by atoms with Gasteiger partial charge >= 0.3 is 0 Å². The summed E-state index contributed by atoms with van der Waals surface area (Å²) in [5, 5.41) is 3.11. The minimum atomic E-state index is 0.0640. The van der Waals surface area contributed by atoms with E-state index in [2.05, 4.69) is 27.2 Å². The first kappa shape index (κ1) is 16.3. The predicted octanol–water partition coefficient (Wildman–Crippen LogP) is 2.34. The molecule has 126 valence electrons. The van der Waals surface area contributed by atoms with Crippen molar-refractivity contribution >= 4 is 17.3 Å². The summed E-state index contributed by atoms with van der Waals surface area (Å²) in [6, 6.07) is 8.18. The van der Waals surface area contributed by atoms with Crippen molar-refractivity contribution in [3.05, 3.63) is 24.3 Å². The zero-order chi connectivity index (χ0) is 15.9. The Morgan fingerprint density at radius 3 is 2.43 bits per heavy atom. The molecule has 2 saturated heterocycles. The molecular formula is C18H27N3O2. The molecule has 5 heteroatoms.